The van der Waals surface area contributed by atoms with Crippen molar-refractivity contribution in [1.29, 1.82) is 0 Å². The molecule has 0 aliphatic heterocycles. The molecule has 0 radical (unpaired) electrons. The van der Waals surface area contributed by atoms with Gasteiger partial charge in [0.05, 0.1) is 6.04 Å². The summed E-state index contributed by atoms with van der Waals surface area (Å²) in [7, 11) is 0. The molecule has 0 saturated carbocycles. The lowest BCUT2D eigenvalue weighted by Gasteiger charge is -2.14. The molecule has 15 heavy (non-hydrogen) atoms. The molecular formula is C10H12N4S. The third-order valence-corrected chi connectivity index (χ3v) is 3.33. The van der Waals surface area contributed by atoms with Crippen molar-refractivity contribution < 1.29 is 0 Å². The van der Waals surface area contributed by atoms with E-state index in [-0.39, 0.29) is 6.04 Å². The van der Waals surface area contributed by atoms with Gasteiger partial charge in [0.1, 0.15) is 6.33 Å². The van der Waals surface area contributed by atoms with Gasteiger partial charge in [0.2, 0.25) is 0 Å². The molecule has 0 aromatic carbocycles. The molecule has 3 N–H and O–H groups in total. The number of aryl methyl sites for hydroxylation is 1. The highest BCUT2D eigenvalue weighted by molar-refractivity contribution is 7.10. The number of nitrogens with two attached hydrogens (primary N) is 1. The molecule has 78 valence electrons. The van der Waals surface area contributed by atoms with Crippen molar-refractivity contribution in [3.8, 4) is 0 Å². The fourth-order valence-corrected chi connectivity index (χ4v) is 2.48. The number of hydrazine groups is 1. The maximum atomic E-state index is 5.57. The number of nitrogens with zero attached hydrogens (tertiary/aromatic N) is 2. The van der Waals surface area contributed by atoms with Crippen molar-refractivity contribution in [3.05, 3.63) is 46.2 Å². The van der Waals surface area contributed by atoms with Crippen molar-refractivity contribution in [2.24, 2.45) is 5.84 Å². The van der Waals surface area contributed by atoms with E-state index < -0.39 is 0 Å². The summed E-state index contributed by atoms with van der Waals surface area (Å²) < 4.78 is 0. The van der Waals surface area contributed by atoms with Crippen LogP contribution in [0.3, 0.4) is 0 Å². The molecule has 2 aromatic rings. The number of hydrogen-bond acceptors (Lipinski definition) is 5. The molecule has 0 aliphatic rings. The topological polar surface area (TPSA) is 63.8 Å². The van der Waals surface area contributed by atoms with Gasteiger partial charge in [0, 0.05) is 22.8 Å². The largest absolute Gasteiger partial charge is 0.271 e. The zero-order chi connectivity index (χ0) is 10.7. The number of aromatic nitrogens is 2. The normalized spacial score (nSPS) is 12.7. The Hall–Kier alpha value is -1.30. The zero-order valence-corrected chi connectivity index (χ0v) is 9.16. The standard InChI is InChI=1S/C10H12N4S/c1-7-2-3-15-10(7)9(14-11)8-4-12-6-13-5-8/h2-6,9,14H,11H2,1H3. The van der Waals surface area contributed by atoms with Gasteiger partial charge in [-0.15, -0.1) is 11.3 Å². The fourth-order valence-electron chi connectivity index (χ4n) is 1.46. The highest BCUT2D eigenvalue weighted by atomic mass is 32.1. The maximum Gasteiger partial charge on any atom is 0.115 e. The SMILES string of the molecule is Cc1ccsc1C(NN)c1cncnc1. The Morgan fingerprint density at radius 3 is 2.67 bits per heavy atom. The van der Waals surface area contributed by atoms with Gasteiger partial charge in [0.25, 0.3) is 0 Å². The Morgan fingerprint density at radius 2 is 2.13 bits per heavy atom. The Bertz CT molecular complexity index is 426. The monoisotopic (exact) mass is 220 g/mol. The van der Waals surface area contributed by atoms with Crippen molar-refractivity contribution in [3.63, 3.8) is 0 Å². The van der Waals surface area contributed by atoms with Gasteiger partial charge in [-0.1, -0.05) is 0 Å². The number of nitrogens with one attached hydrogen (secondary N) is 1. The Labute approximate surface area is 92.2 Å². The van der Waals surface area contributed by atoms with Gasteiger partial charge in [-0.3, -0.25) is 5.84 Å². The summed E-state index contributed by atoms with van der Waals surface area (Å²) in [6, 6.07) is 2.06. The maximum absolute atomic E-state index is 5.57. The smallest absolute Gasteiger partial charge is 0.115 e. The van der Waals surface area contributed by atoms with Gasteiger partial charge in [-0.05, 0) is 23.9 Å². The van der Waals surface area contributed by atoms with E-state index in [4.69, 9.17) is 5.84 Å². The molecule has 0 saturated heterocycles. The average Bonchev–Trinajstić information content (AvgIpc) is 2.68. The van der Waals surface area contributed by atoms with E-state index in [0.29, 0.717) is 0 Å². The first-order chi connectivity index (χ1) is 7.33. The van der Waals surface area contributed by atoms with Gasteiger partial charge >= 0.3 is 0 Å². The predicted octanol–water partition coefficient (Wildman–Crippen LogP) is 1.40. The molecule has 0 aliphatic carbocycles. The van der Waals surface area contributed by atoms with Crippen LogP contribution in [0.5, 0.6) is 0 Å². The summed E-state index contributed by atoms with van der Waals surface area (Å²) >= 11 is 1.68. The predicted molar refractivity (Wildman–Crippen MR) is 60.3 cm³/mol. The molecule has 1 unspecified atom stereocenters. The summed E-state index contributed by atoms with van der Waals surface area (Å²) in [6.07, 6.45) is 5.06. The quantitative estimate of drug-likeness (QED) is 0.606. The van der Waals surface area contributed by atoms with Crippen LogP contribution in [-0.4, -0.2) is 9.97 Å². The second-order valence-electron chi connectivity index (χ2n) is 3.24. The van der Waals surface area contributed by atoms with Crippen LogP contribution in [0.2, 0.25) is 0 Å². The van der Waals surface area contributed by atoms with Crippen molar-refractivity contribution >= 4 is 11.3 Å². The summed E-state index contributed by atoms with van der Waals surface area (Å²) in [5.74, 6) is 5.57. The minimum absolute atomic E-state index is 0.0220. The highest BCUT2D eigenvalue weighted by Crippen LogP contribution is 2.27. The van der Waals surface area contributed by atoms with Gasteiger partial charge in [0.15, 0.2) is 0 Å². The van der Waals surface area contributed by atoms with Crippen LogP contribution in [0.4, 0.5) is 0 Å². The minimum Gasteiger partial charge on any atom is -0.271 e. The third kappa shape index (κ3) is 2.04. The Morgan fingerprint density at radius 1 is 1.40 bits per heavy atom. The highest BCUT2D eigenvalue weighted by Gasteiger charge is 2.15. The molecule has 0 bridgehead atoms. The molecular weight excluding hydrogens is 208 g/mol. The lowest BCUT2D eigenvalue weighted by Crippen LogP contribution is -2.28. The second-order valence-corrected chi connectivity index (χ2v) is 4.19. The van der Waals surface area contributed by atoms with Crippen LogP contribution in [0.1, 0.15) is 22.0 Å². The van der Waals surface area contributed by atoms with E-state index in [0.717, 1.165) is 5.56 Å². The molecule has 4 nitrogen and oxygen atoms in total. The summed E-state index contributed by atoms with van der Waals surface area (Å²) in [5, 5.41) is 2.05. The van der Waals surface area contributed by atoms with Crippen molar-refractivity contribution in [2.45, 2.75) is 13.0 Å². The number of thiophene rings is 1. The van der Waals surface area contributed by atoms with E-state index >= 15 is 0 Å². The van der Waals surface area contributed by atoms with Gasteiger partial charge < -0.3 is 0 Å². The van der Waals surface area contributed by atoms with E-state index in [1.807, 2.05) is 0 Å². The second kappa shape index (κ2) is 4.48. The molecule has 0 amide bonds. The summed E-state index contributed by atoms with van der Waals surface area (Å²) in [6.45, 7) is 2.07. The third-order valence-electron chi connectivity index (χ3n) is 2.24. The molecule has 2 rings (SSSR count). The zero-order valence-electron chi connectivity index (χ0n) is 8.34. The summed E-state index contributed by atoms with van der Waals surface area (Å²) in [5.41, 5.74) is 5.00. The minimum atomic E-state index is -0.0220. The summed E-state index contributed by atoms with van der Waals surface area (Å²) in [4.78, 5) is 9.18. The van der Waals surface area contributed by atoms with E-state index in [9.17, 15) is 0 Å². The molecule has 2 aromatic heterocycles. The van der Waals surface area contributed by atoms with E-state index in [1.165, 1.54) is 16.8 Å². The first kappa shape index (κ1) is 10.2. The molecule has 1 atom stereocenters. The van der Waals surface area contributed by atoms with Crippen molar-refractivity contribution in [2.75, 3.05) is 0 Å². The lowest BCUT2D eigenvalue weighted by atomic mass is 10.1. The first-order valence-corrected chi connectivity index (χ1v) is 5.46. The molecule has 0 spiro atoms. The average molecular weight is 220 g/mol. The Kier molecular flexibility index (Phi) is 3.05. The van der Waals surface area contributed by atoms with Crippen LogP contribution in [0.25, 0.3) is 0 Å². The van der Waals surface area contributed by atoms with Crippen LogP contribution in [-0.2, 0) is 0 Å². The van der Waals surface area contributed by atoms with Gasteiger partial charge in [-0.2, -0.15) is 0 Å². The lowest BCUT2D eigenvalue weighted by molar-refractivity contribution is 0.638. The Balaban J connectivity index is 2.37. The van der Waals surface area contributed by atoms with Crippen molar-refractivity contribution in [1.82, 2.24) is 15.4 Å². The first-order valence-electron chi connectivity index (χ1n) is 4.58. The van der Waals surface area contributed by atoms with Crippen LogP contribution < -0.4 is 11.3 Å². The van der Waals surface area contributed by atoms with E-state index in [2.05, 4.69) is 33.8 Å². The molecule has 0 fully saturated rings. The van der Waals surface area contributed by atoms with Crippen LogP contribution in [0, 0.1) is 6.92 Å². The molecule has 2 heterocycles. The van der Waals surface area contributed by atoms with Crippen LogP contribution in [0.15, 0.2) is 30.2 Å². The fraction of sp³-hybridized carbons (Fsp3) is 0.200. The number of rotatable bonds is 3. The number of hydrogen-bond donors (Lipinski definition) is 2. The van der Waals surface area contributed by atoms with E-state index in [1.54, 1.807) is 23.7 Å². The van der Waals surface area contributed by atoms with Crippen LogP contribution >= 0.6 is 11.3 Å². The van der Waals surface area contributed by atoms with Gasteiger partial charge in [-0.25, -0.2) is 15.4 Å². The molecule has 5 heteroatoms.